The molecule has 3 nitrogen and oxygen atoms in total. The molecule has 0 aliphatic carbocycles. The van der Waals surface area contributed by atoms with Gasteiger partial charge < -0.3 is 4.74 Å². The predicted molar refractivity (Wildman–Crippen MR) is 67.3 cm³/mol. The van der Waals surface area contributed by atoms with Gasteiger partial charge in [-0.2, -0.15) is 0 Å². The van der Waals surface area contributed by atoms with Gasteiger partial charge in [-0.3, -0.25) is 9.59 Å². The summed E-state index contributed by atoms with van der Waals surface area (Å²) >= 11 is 6.56. The molecule has 0 heterocycles. The third kappa shape index (κ3) is 6.48. The van der Waals surface area contributed by atoms with E-state index in [1.165, 1.54) is 20.1 Å². The van der Waals surface area contributed by atoms with Crippen LogP contribution < -0.4 is 0 Å². The van der Waals surface area contributed by atoms with Crippen molar-refractivity contribution in [1.29, 1.82) is 0 Å². The third-order valence-electron chi connectivity index (χ3n) is 1.46. The molecule has 0 aliphatic rings. The maximum absolute atomic E-state index is 11.3. The highest BCUT2D eigenvalue weighted by molar-refractivity contribution is 8.14. The lowest BCUT2D eigenvalue weighted by Gasteiger charge is -2.06. The Labute approximate surface area is 104 Å². The lowest BCUT2D eigenvalue weighted by molar-refractivity contribution is -0.139. The number of carbonyl (C=O) groups is 2. The Hall–Kier alpha value is -1.00. The Bertz CT molecular complexity index is 334. The van der Waals surface area contributed by atoms with Gasteiger partial charge in [-0.15, -0.1) is 0 Å². The second-order valence-electron chi connectivity index (χ2n) is 2.69. The molecule has 0 bridgehead atoms. The molecule has 0 radical (unpaired) electrons. The Morgan fingerprint density at radius 3 is 2.56 bits per heavy atom. The second-order valence-corrected chi connectivity index (χ2v) is 4.45. The molecule has 1 atom stereocenters. The number of carbonyl (C=O) groups excluding carboxylic acids is 2. The second kappa shape index (κ2) is 8.19. The zero-order valence-corrected chi connectivity index (χ0v) is 10.7. The number of hydrogen-bond donors (Lipinski definition) is 0. The van der Waals surface area contributed by atoms with Crippen LogP contribution in [0.5, 0.6) is 0 Å². The highest BCUT2D eigenvalue weighted by Gasteiger charge is 2.18. The fourth-order valence-electron chi connectivity index (χ4n) is 0.777. The van der Waals surface area contributed by atoms with Crippen LogP contribution in [-0.4, -0.2) is 23.4 Å². The number of rotatable bonds is 5. The Kier molecular flexibility index (Phi) is 7.68. The smallest absolute Gasteiger partial charge is 0.323 e. The minimum atomic E-state index is -0.645. The molecule has 0 aromatic heterocycles. The average Bonchev–Trinajstić information content (AvgIpc) is 2.25. The standard InChI is InChI=1S/C11H13ClO3S/c1-4-9(12)6-5-7-10(11(14)15-3)16-8(2)13/h4-7,10H,1H2,2-3H3/b7-5+,9-6+. The van der Waals surface area contributed by atoms with E-state index in [-0.39, 0.29) is 5.12 Å². The molecule has 0 aromatic rings. The monoisotopic (exact) mass is 260 g/mol. The zero-order chi connectivity index (χ0) is 12.6. The molecule has 0 spiro atoms. The average molecular weight is 261 g/mol. The first-order valence-electron chi connectivity index (χ1n) is 4.42. The Morgan fingerprint density at radius 1 is 1.50 bits per heavy atom. The van der Waals surface area contributed by atoms with Gasteiger partial charge in [0.05, 0.1) is 7.11 Å². The molecule has 0 amide bonds. The summed E-state index contributed by atoms with van der Waals surface area (Å²) in [5.74, 6) is -0.473. The van der Waals surface area contributed by atoms with Crippen LogP contribution in [0.3, 0.4) is 0 Å². The number of thioether (sulfide) groups is 1. The summed E-state index contributed by atoms with van der Waals surface area (Å²) < 4.78 is 4.56. The summed E-state index contributed by atoms with van der Waals surface area (Å²) in [5.41, 5.74) is 0. The highest BCUT2D eigenvalue weighted by Crippen LogP contribution is 2.15. The maximum atomic E-state index is 11.3. The van der Waals surface area contributed by atoms with Crippen molar-refractivity contribution in [2.45, 2.75) is 12.2 Å². The van der Waals surface area contributed by atoms with E-state index in [1.807, 2.05) is 0 Å². The van der Waals surface area contributed by atoms with E-state index in [4.69, 9.17) is 11.6 Å². The summed E-state index contributed by atoms with van der Waals surface area (Å²) in [6, 6.07) is 0. The fourth-order valence-corrected chi connectivity index (χ4v) is 1.57. The van der Waals surface area contributed by atoms with E-state index < -0.39 is 11.2 Å². The van der Waals surface area contributed by atoms with Crippen molar-refractivity contribution < 1.29 is 14.3 Å². The number of halogens is 1. The van der Waals surface area contributed by atoms with Gasteiger partial charge in [-0.1, -0.05) is 48.2 Å². The Balaban J connectivity index is 4.60. The lowest BCUT2D eigenvalue weighted by Crippen LogP contribution is -2.17. The molecule has 5 heteroatoms. The van der Waals surface area contributed by atoms with Crippen molar-refractivity contribution in [2.75, 3.05) is 7.11 Å². The van der Waals surface area contributed by atoms with E-state index in [0.717, 1.165) is 11.8 Å². The lowest BCUT2D eigenvalue weighted by atomic mass is 10.3. The van der Waals surface area contributed by atoms with Crippen molar-refractivity contribution in [3.63, 3.8) is 0 Å². The van der Waals surface area contributed by atoms with Crippen molar-refractivity contribution in [3.8, 4) is 0 Å². The van der Waals surface area contributed by atoms with Crippen LogP contribution in [-0.2, 0) is 14.3 Å². The predicted octanol–water partition coefficient (Wildman–Crippen LogP) is 2.67. The Morgan fingerprint density at radius 2 is 2.12 bits per heavy atom. The first kappa shape index (κ1) is 15.0. The molecule has 0 N–H and O–H groups in total. The van der Waals surface area contributed by atoms with Crippen molar-refractivity contribution in [3.05, 3.63) is 35.9 Å². The topological polar surface area (TPSA) is 43.4 Å². The minimum absolute atomic E-state index is 0.154. The molecule has 0 fully saturated rings. The van der Waals surface area contributed by atoms with Crippen LogP contribution in [0.4, 0.5) is 0 Å². The van der Waals surface area contributed by atoms with Gasteiger partial charge in [-0.05, 0) is 6.08 Å². The maximum Gasteiger partial charge on any atom is 0.323 e. The molecule has 0 aromatic carbocycles. The fraction of sp³-hybridized carbons (Fsp3) is 0.273. The molecular weight excluding hydrogens is 248 g/mol. The summed E-state index contributed by atoms with van der Waals surface area (Å²) in [6.07, 6.45) is 6.17. The van der Waals surface area contributed by atoms with Crippen molar-refractivity contribution in [2.24, 2.45) is 0 Å². The van der Waals surface area contributed by atoms with Gasteiger partial charge in [-0.25, -0.2) is 0 Å². The van der Waals surface area contributed by atoms with E-state index in [2.05, 4.69) is 11.3 Å². The van der Waals surface area contributed by atoms with Crippen LogP contribution >= 0.6 is 23.4 Å². The van der Waals surface area contributed by atoms with Gasteiger partial charge >= 0.3 is 5.97 Å². The van der Waals surface area contributed by atoms with Gasteiger partial charge in [0, 0.05) is 12.0 Å². The first-order valence-corrected chi connectivity index (χ1v) is 5.68. The van der Waals surface area contributed by atoms with E-state index in [1.54, 1.807) is 18.2 Å². The van der Waals surface area contributed by atoms with Gasteiger partial charge in [0.2, 0.25) is 0 Å². The van der Waals surface area contributed by atoms with Crippen LogP contribution in [0.2, 0.25) is 0 Å². The molecule has 0 rings (SSSR count). The molecule has 0 saturated heterocycles. The van der Waals surface area contributed by atoms with Crippen molar-refractivity contribution in [1.82, 2.24) is 0 Å². The van der Waals surface area contributed by atoms with E-state index in [9.17, 15) is 9.59 Å². The SMILES string of the molecule is C=C/C(Cl)=C\C=C\C(SC(C)=O)C(=O)OC. The quantitative estimate of drug-likeness (QED) is 0.563. The molecule has 0 saturated carbocycles. The van der Waals surface area contributed by atoms with Gasteiger partial charge in [0.1, 0.15) is 5.25 Å². The molecule has 0 aliphatic heterocycles. The van der Waals surface area contributed by atoms with Crippen LogP contribution in [0.1, 0.15) is 6.92 Å². The summed E-state index contributed by atoms with van der Waals surface area (Å²) in [5, 5.41) is -0.348. The molecular formula is C11H13ClO3S. The highest BCUT2D eigenvalue weighted by atomic mass is 35.5. The van der Waals surface area contributed by atoms with Crippen LogP contribution in [0, 0.1) is 0 Å². The molecule has 88 valence electrons. The summed E-state index contributed by atoms with van der Waals surface area (Å²) in [6.45, 7) is 4.86. The number of esters is 1. The van der Waals surface area contributed by atoms with Gasteiger partial charge in [0.15, 0.2) is 5.12 Å². The molecule has 1 unspecified atom stereocenters. The first-order chi connectivity index (χ1) is 7.51. The summed E-state index contributed by atoms with van der Waals surface area (Å²) in [4.78, 5) is 22.2. The van der Waals surface area contributed by atoms with Gasteiger partial charge in [0.25, 0.3) is 0 Å². The normalized spacial score (nSPS) is 13.6. The van der Waals surface area contributed by atoms with E-state index >= 15 is 0 Å². The minimum Gasteiger partial charge on any atom is -0.468 e. The number of allylic oxidation sites excluding steroid dienone is 4. The van der Waals surface area contributed by atoms with E-state index in [0.29, 0.717) is 5.03 Å². The van der Waals surface area contributed by atoms with Crippen LogP contribution in [0.15, 0.2) is 35.9 Å². The number of ether oxygens (including phenoxy) is 1. The van der Waals surface area contributed by atoms with Crippen LogP contribution in [0.25, 0.3) is 0 Å². The van der Waals surface area contributed by atoms with Crippen molar-refractivity contribution >= 4 is 34.4 Å². The molecule has 16 heavy (non-hydrogen) atoms. The zero-order valence-electron chi connectivity index (χ0n) is 9.10. The number of hydrogen-bond acceptors (Lipinski definition) is 4. The largest absolute Gasteiger partial charge is 0.468 e. The summed E-state index contributed by atoms with van der Waals surface area (Å²) in [7, 11) is 1.27. The third-order valence-corrected chi connectivity index (χ3v) is 2.68. The number of methoxy groups -OCH3 is 1.